The van der Waals surface area contributed by atoms with Gasteiger partial charge in [0.15, 0.2) is 0 Å². The predicted octanol–water partition coefficient (Wildman–Crippen LogP) is -0.350. The second kappa shape index (κ2) is 3.37. The summed E-state index contributed by atoms with van der Waals surface area (Å²) in [5.41, 5.74) is 0. The van der Waals surface area contributed by atoms with Crippen LogP contribution in [0.15, 0.2) is 18.7 Å². The van der Waals surface area contributed by atoms with Crippen LogP contribution in [0.4, 0.5) is 0 Å². The van der Waals surface area contributed by atoms with E-state index in [1.165, 1.54) is 8.87 Å². The van der Waals surface area contributed by atoms with Gasteiger partial charge in [-0.05, 0) is 8.09 Å². The largest absolute Gasteiger partial charge is 0.511 e. The smallest absolute Gasteiger partial charge is 0.265 e. The van der Waals surface area contributed by atoms with Crippen LogP contribution < -0.4 is 0 Å². The van der Waals surface area contributed by atoms with Crippen LogP contribution in [0.3, 0.4) is 0 Å². The van der Waals surface area contributed by atoms with Crippen molar-refractivity contribution >= 4 is 57.3 Å². The molecule has 1 N–H and O–H groups in total. The molecule has 0 bridgehead atoms. The van der Waals surface area contributed by atoms with Crippen molar-refractivity contribution in [2.75, 3.05) is 0 Å². The highest BCUT2D eigenvalue weighted by molar-refractivity contribution is 14.2. The molecule has 1 nitrogen and oxygen atoms in total. The average molecular weight is 264 g/mol. The van der Waals surface area contributed by atoms with Gasteiger partial charge in [-0.15, -0.1) is 0 Å². The van der Waals surface area contributed by atoms with Gasteiger partial charge < -0.3 is 5.11 Å². The second-order valence-electron chi connectivity index (χ2n) is 2.06. The molecule has 0 atom stereocenters. The van der Waals surface area contributed by atoms with Crippen LogP contribution in [0, 0.1) is 0 Å². The van der Waals surface area contributed by atoms with Crippen LogP contribution in [0.2, 0.25) is 0 Å². The van der Waals surface area contributed by atoms with Gasteiger partial charge in [-0.25, -0.2) is 0 Å². The molecule has 1 heterocycles. The summed E-state index contributed by atoms with van der Waals surface area (Å²) in [6.07, 6.45) is 0. The molecule has 0 spiro atoms. The van der Waals surface area contributed by atoms with Crippen molar-refractivity contribution in [1.82, 2.24) is 0 Å². The van der Waals surface area contributed by atoms with Crippen LogP contribution >= 0.6 is 20.7 Å². The Balaban J connectivity index is 3.06. The van der Waals surface area contributed by atoms with Crippen LogP contribution in [-0.4, -0.2) is 41.7 Å². The van der Waals surface area contributed by atoms with Crippen molar-refractivity contribution in [3.8, 4) is 0 Å². The fourth-order valence-corrected chi connectivity index (χ4v) is 5.46. The van der Waals surface area contributed by atoms with Gasteiger partial charge in [0.25, 0.3) is 32.6 Å². The van der Waals surface area contributed by atoms with Crippen LogP contribution in [-0.2, 0) is 0 Å². The van der Waals surface area contributed by atoms with E-state index in [4.69, 9.17) is 0 Å². The first-order valence-corrected chi connectivity index (χ1v) is 7.23. The minimum Gasteiger partial charge on any atom is -0.511 e. The molecule has 0 aromatic heterocycles. The number of halogens is 1. The lowest BCUT2D eigenvalue weighted by Gasteiger charge is -2.05. The first-order chi connectivity index (χ1) is 4.22. The molecule has 0 saturated heterocycles. The fourth-order valence-electron chi connectivity index (χ4n) is 0.635. The molecule has 9 heavy (non-hydrogen) atoms. The van der Waals surface area contributed by atoms with E-state index < -0.39 is 0 Å². The Labute approximate surface area is 80.4 Å². The molecule has 0 aromatic rings. The monoisotopic (exact) mass is 264 g/mol. The van der Waals surface area contributed by atoms with Crippen LogP contribution in [0.5, 0.6) is 0 Å². The minimum atomic E-state index is 0.172. The molecule has 0 radical (unpaired) electrons. The summed E-state index contributed by atoms with van der Waals surface area (Å²) in [5, 5.41) is 9.31. The topological polar surface area (TPSA) is 20.2 Å². The van der Waals surface area contributed by atoms with E-state index in [0.29, 0.717) is 5.76 Å². The van der Waals surface area contributed by atoms with Gasteiger partial charge in [0.1, 0.15) is 0 Å². The van der Waals surface area contributed by atoms with Crippen molar-refractivity contribution < 1.29 is 5.11 Å². The van der Waals surface area contributed by atoms with E-state index in [0.717, 1.165) is 32.6 Å². The summed E-state index contributed by atoms with van der Waals surface area (Å²) in [7, 11) is 0. The van der Waals surface area contributed by atoms with Crippen molar-refractivity contribution in [1.29, 1.82) is 0 Å². The molecule has 0 aliphatic carbocycles. The predicted molar refractivity (Wildman–Crippen MR) is 54.9 cm³/mol. The molecule has 0 amide bonds. The molecule has 0 fully saturated rings. The van der Waals surface area contributed by atoms with Gasteiger partial charge in [-0.1, -0.05) is 29.6 Å². The molecule has 1 aliphatic rings. The Morgan fingerprint density at radius 1 is 1.44 bits per heavy atom. The molecule has 0 saturated carbocycles. The lowest BCUT2D eigenvalue weighted by Crippen LogP contribution is -1.97. The standard InChI is InChI=1S/C5H3IO.2Al.4H/c7-5-1-3-6-4-2-5;;;;;;/h3-4,7H;;;;;;. The third-order valence-corrected chi connectivity index (χ3v) is 7.66. The molecule has 1 aliphatic heterocycles. The molecular weight excluding hydrogens is 257 g/mol. The average Bonchev–Trinajstić information content (AvgIpc) is 1.83. The lowest BCUT2D eigenvalue weighted by atomic mass is 10.4. The van der Waals surface area contributed by atoms with E-state index in [1.807, 2.05) is 0 Å². The molecule has 4 heteroatoms. The summed E-state index contributed by atoms with van der Waals surface area (Å²) >= 11 is 2.18. The highest BCUT2D eigenvalue weighted by Gasteiger charge is 2.01. The van der Waals surface area contributed by atoms with Crippen molar-refractivity contribution in [2.24, 2.45) is 0 Å². The molecule has 1 rings (SSSR count). The van der Waals surface area contributed by atoms with Gasteiger partial charge in [0, 0.05) is 0 Å². The zero-order valence-corrected chi connectivity index (χ0v) is 11.6. The van der Waals surface area contributed by atoms with Crippen LogP contribution in [0.25, 0.3) is 0 Å². The van der Waals surface area contributed by atoms with Crippen molar-refractivity contribution in [3.63, 3.8) is 0 Å². The van der Waals surface area contributed by atoms with Crippen molar-refractivity contribution in [3.05, 3.63) is 18.7 Å². The fraction of sp³-hybridized carbons (Fsp3) is 0. The van der Waals surface area contributed by atoms with Gasteiger partial charge in [0.05, 0.1) is 5.76 Å². The summed E-state index contributed by atoms with van der Waals surface area (Å²) in [6.45, 7) is 0. The molecule has 0 aromatic carbocycles. The Kier molecular flexibility index (Phi) is 3.01. The normalized spacial score (nSPS) is 18.9. The van der Waals surface area contributed by atoms with Crippen molar-refractivity contribution in [2.45, 2.75) is 0 Å². The number of aliphatic hydroxyl groups is 1. The maximum atomic E-state index is 9.31. The summed E-state index contributed by atoms with van der Waals surface area (Å²) < 4.78 is 6.86. The van der Waals surface area contributed by atoms with Gasteiger partial charge >= 0.3 is 0 Å². The Morgan fingerprint density at radius 3 is 2.56 bits per heavy atom. The molecular formula is C5H7Al2IO. The lowest BCUT2D eigenvalue weighted by molar-refractivity contribution is 0.429. The minimum absolute atomic E-state index is 0.172. The zero-order chi connectivity index (χ0) is 6.85. The first-order valence-electron chi connectivity index (χ1n) is 2.74. The summed E-state index contributed by atoms with van der Waals surface area (Å²) in [4.78, 5) is 0. The number of allylic oxidation sites excluding steroid dienone is 2. The number of rotatable bonds is 0. The van der Waals surface area contributed by atoms with Crippen LogP contribution in [0.1, 0.15) is 0 Å². The maximum absolute atomic E-state index is 9.31. The van der Waals surface area contributed by atoms with E-state index in [9.17, 15) is 5.11 Å². The maximum Gasteiger partial charge on any atom is 0.265 e. The quantitative estimate of drug-likeness (QED) is 0.468. The molecule has 0 unspecified atom stereocenters. The summed E-state index contributed by atoms with van der Waals surface area (Å²) in [5.74, 6) is 0.597. The SMILES string of the molecule is OC1=[C]([AlH2])C=IC=[C]1[AlH2]. The Bertz CT molecular complexity index is 217. The van der Waals surface area contributed by atoms with E-state index in [-0.39, 0.29) is 20.7 Å². The second-order valence-corrected chi connectivity index (χ2v) is 6.18. The van der Waals surface area contributed by atoms with Gasteiger partial charge in [-0.2, -0.15) is 0 Å². The number of hydrogen-bond acceptors (Lipinski definition) is 1. The zero-order valence-electron chi connectivity index (χ0n) is 5.48. The molecule has 46 valence electrons. The van der Waals surface area contributed by atoms with Gasteiger partial charge in [0.2, 0.25) is 0 Å². The number of hydrogen-bond donors (Lipinski definition) is 1. The first kappa shape index (κ1) is 8.05. The third kappa shape index (κ3) is 1.93. The Morgan fingerprint density at radius 2 is 2.11 bits per heavy atom. The van der Waals surface area contributed by atoms with E-state index >= 15 is 0 Å². The summed E-state index contributed by atoms with van der Waals surface area (Å²) in [6, 6.07) is 0. The third-order valence-electron chi connectivity index (χ3n) is 1.20. The van der Waals surface area contributed by atoms with Gasteiger partial charge in [-0.3, -0.25) is 0 Å². The van der Waals surface area contributed by atoms with E-state index in [2.05, 4.69) is 8.09 Å². The Hall–Kier alpha value is 0.945. The number of aliphatic hydroxyl groups excluding tert-OH is 1. The van der Waals surface area contributed by atoms with E-state index in [1.54, 1.807) is 0 Å². The highest BCUT2D eigenvalue weighted by Crippen LogP contribution is 2.17. The highest BCUT2D eigenvalue weighted by atomic mass is 127.